The van der Waals surface area contributed by atoms with Gasteiger partial charge in [-0.15, -0.1) is 0 Å². The first-order chi connectivity index (χ1) is 49.1. The largest absolute Gasteiger partial charge is 0.293 e. The summed E-state index contributed by atoms with van der Waals surface area (Å²) in [6.45, 7) is 0. The van der Waals surface area contributed by atoms with E-state index in [1.807, 2.05) is 36.4 Å². The topological polar surface area (TPSA) is 79.2 Å². The van der Waals surface area contributed by atoms with Crippen molar-refractivity contribution in [3.05, 3.63) is 352 Å². The van der Waals surface area contributed by atoms with Gasteiger partial charge in [0.1, 0.15) is 5.56 Å². The number of hydrogen-bond acceptors (Lipinski definition) is 5. The summed E-state index contributed by atoms with van der Waals surface area (Å²) in [5.41, 5.74) is 21.3. The second-order valence-corrected chi connectivity index (χ2v) is 25.2. The van der Waals surface area contributed by atoms with Crippen LogP contribution in [0.4, 0.5) is 0 Å². The van der Waals surface area contributed by atoms with Gasteiger partial charge in [-0.05, 0) is 140 Å². The number of benzene rings is 14. The van der Waals surface area contributed by atoms with Crippen LogP contribution in [0, 0.1) is 0 Å². The minimum atomic E-state index is 0.398. The van der Waals surface area contributed by atoms with Gasteiger partial charge >= 0.3 is 0 Å². The first kappa shape index (κ1) is 57.1. The minimum absolute atomic E-state index is 0.398. The molecule has 0 aliphatic rings. The molecule has 0 amide bonds. The van der Waals surface area contributed by atoms with E-state index in [1.54, 1.807) is 0 Å². The van der Waals surface area contributed by atoms with Crippen LogP contribution in [-0.4, -0.2) is 38.6 Å². The molecule has 0 atom stereocenters. The van der Waals surface area contributed by atoms with Crippen molar-refractivity contribution in [1.82, 2.24) is 38.6 Å². The molecule has 8 nitrogen and oxygen atoms in total. The summed E-state index contributed by atoms with van der Waals surface area (Å²) in [5.74, 6) is 3.03. The van der Waals surface area contributed by atoms with Gasteiger partial charge in [-0.25, -0.2) is 15.0 Å². The Morgan fingerprint density at radius 2 is 0.364 bits per heavy atom. The Labute approximate surface area is 571 Å². The maximum Gasteiger partial charge on any atom is 0.238 e. The van der Waals surface area contributed by atoms with Gasteiger partial charge in [-0.3, -0.25) is 13.7 Å². The molecule has 0 fully saturated rings. The number of hydrogen-bond donors (Lipinski definition) is 0. The monoisotopic (exact) mass is 1260 g/mol. The predicted molar refractivity (Wildman–Crippen MR) is 407 cm³/mol. The molecular formula is C91H58N8. The van der Waals surface area contributed by atoms with E-state index in [0.29, 0.717) is 40.6 Å². The lowest BCUT2D eigenvalue weighted by Gasteiger charge is -2.20. The van der Waals surface area contributed by atoms with Gasteiger partial charge < -0.3 is 0 Å². The molecule has 8 heteroatoms. The zero-order chi connectivity index (χ0) is 65.3. The van der Waals surface area contributed by atoms with E-state index in [0.717, 1.165) is 143 Å². The van der Waals surface area contributed by atoms with E-state index in [9.17, 15) is 0 Å². The zero-order valence-electron chi connectivity index (χ0n) is 53.6. The molecule has 19 aromatic rings. The molecule has 0 bridgehead atoms. The second kappa shape index (κ2) is 23.8. The average molecular weight is 1260 g/mol. The van der Waals surface area contributed by atoms with Crippen molar-refractivity contribution < 1.29 is 0 Å². The van der Waals surface area contributed by atoms with Gasteiger partial charge in [0.05, 0.1) is 33.1 Å². The molecule has 14 aromatic carbocycles. The third-order valence-corrected chi connectivity index (χ3v) is 19.3. The smallest absolute Gasteiger partial charge is 0.238 e. The lowest BCUT2D eigenvalue weighted by atomic mass is 10.0. The quantitative estimate of drug-likeness (QED) is 0.122. The van der Waals surface area contributed by atoms with Crippen LogP contribution in [0.5, 0.6) is 0 Å². The molecule has 0 N–H and O–H groups in total. The molecule has 0 spiro atoms. The lowest BCUT2D eigenvalue weighted by Crippen LogP contribution is -2.14. The first-order valence-corrected chi connectivity index (χ1v) is 33.5. The first-order valence-electron chi connectivity index (χ1n) is 33.5. The Morgan fingerprint density at radius 1 is 0.162 bits per heavy atom. The average Bonchev–Trinajstić information content (AvgIpc) is 1.58. The van der Waals surface area contributed by atoms with Crippen LogP contribution in [-0.2, 0) is 0 Å². The standard InChI is InChI=1S/C91H58N8/c1-9-25-59(26-10-1)67-41-47-79-73(53-67)74-54-68(60-27-11-2-12-28-60)42-48-80(74)97(79)89-85(88-93-86(65-37-21-7-22-38-65)92-87(94-88)66-39-23-8-24-40-66)90(98-81-49-43-69(61-29-13-3-14-30-61)55-75(81)76-56-70(44-50-82(76)98)62-31-15-4-16-32-62)96-91(95-89)99-83-51-45-71(63-33-17-5-18-34-63)57-77(83)78-58-72(46-52-84(78)99)64-35-19-6-20-36-64/h1-58H. The highest BCUT2D eigenvalue weighted by Crippen LogP contribution is 2.46. The Kier molecular flexibility index (Phi) is 13.7. The fourth-order valence-electron chi connectivity index (χ4n) is 14.6. The molecule has 19 rings (SSSR count). The molecule has 0 saturated heterocycles. The van der Waals surface area contributed by atoms with E-state index < -0.39 is 0 Å². The molecule has 0 radical (unpaired) electrons. The number of rotatable bonds is 12. The highest BCUT2D eigenvalue weighted by Gasteiger charge is 2.31. The van der Waals surface area contributed by atoms with Gasteiger partial charge in [-0.2, -0.15) is 9.97 Å². The molecule has 0 aliphatic carbocycles. The maximum absolute atomic E-state index is 6.20. The van der Waals surface area contributed by atoms with Crippen molar-refractivity contribution in [3.63, 3.8) is 0 Å². The third-order valence-electron chi connectivity index (χ3n) is 19.3. The van der Waals surface area contributed by atoms with Crippen LogP contribution in [0.2, 0.25) is 0 Å². The third kappa shape index (κ3) is 9.96. The molecule has 462 valence electrons. The SMILES string of the molecule is c1ccc(-c2ccc3c(c2)c2cc(-c4ccccc4)ccc2n3-c2nc(-n3c4ccc(-c5ccccc5)cc4c4cc(-c5ccccc5)ccc43)c(-c3nc(-c4ccccc4)nc(-c4ccccc4)n3)c(-n3c4ccc(-c5ccccc5)cc4c4cc(-c5ccccc5)ccc43)n2)cc1. The summed E-state index contributed by atoms with van der Waals surface area (Å²) < 4.78 is 6.96. The summed E-state index contributed by atoms with van der Waals surface area (Å²) >= 11 is 0. The Balaban J connectivity index is 1.01. The number of nitrogens with zero attached hydrogens (tertiary/aromatic N) is 8. The van der Waals surface area contributed by atoms with Crippen LogP contribution in [0.25, 0.3) is 184 Å². The summed E-state index contributed by atoms with van der Waals surface area (Å²) in [4.78, 5) is 29.2. The second-order valence-electron chi connectivity index (χ2n) is 25.2. The van der Waals surface area contributed by atoms with E-state index in [2.05, 4.69) is 329 Å². The van der Waals surface area contributed by atoms with E-state index >= 15 is 0 Å². The predicted octanol–water partition coefficient (Wildman–Crippen LogP) is 23.0. The van der Waals surface area contributed by atoms with Gasteiger partial charge in [0.2, 0.25) is 5.95 Å². The fraction of sp³-hybridized carbons (Fsp3) is 0. The van der Waals surface area contributed by atoms with Crippen LogP contribution in [0.15, 0.2) is 352 Å². The molecule has 99 heavy (non-hydrogen) atoms. The van der Waals surface area contributed by atoms with Crippen LogP contribution >= 0.6 is 0 Å². The summed E-state index contributed by atoms with van der Waals surface area (Å²) in [6.07, 6.45) is 0. The van der Waals surface area contributed by atoms with Crippen molar-refractivity contribution in [2.45, 2.75) is 0 Å². The molecule has 0 unspecified atom stereocenters. The van der Waals surface area contributed by atoms with Crippen molar-refractivity contribution in [1.29, 1.82) is 0 Å². The number of aromatic nitrogens is 8. The molecule has 0 saturated carbocycles. The van der Waals surface area contributed by atoms with Crippen LogP contribution < -0.4 is 0 Å². The maximum atomic E-state index is 6.20. The fourth-order valence-corrected chi connectivity index (χ4v) is 14.6. The van der Waals surface area contributed by atoms with Crippen LogP contribution in [0.3, 0.4) is 0 Å². The number of fused-ring (bicyclic) bond motifs is 9. The minimum Gasteiger partial charge on any atom is -0.293 e. The molecular weight excluding hydrogens is 1210 g/mol. The molecule has 0 aliphatic heterocycles. The summed E-state index contributed by atoms with van der Waals surface area (Å²) in [6, 6.07) is 125. The van der Waals surface area contributed by atoms with E-state index in [4.69, 9.17) is 24.9 Å². The van der Waals surface area contributed by atoms with Crippen LogP contribution in [0.1, 0.15) is 0 Å². The highest BCUT2D eigenvalue weighted by molar-refractivity contribution is 6.15. The molecule has 5 heterocycles. The Morgan fingerprint density at radius 3 is 0.596 bits per heavy atom. The highest BCUT2D eigenvalue weighted by atomic mass is 15.2. The van der Waals surface area contributed by atoms with Crippen molar-refractivity contribution in [2.24, 2.45) is 0 Å². The van der Waals surface area contributed by atoms with Crippen molar-refractivity contribution >= 4 is 65.4 Å². The Bertz CT molecular complexity index is 5720. The van der Waals surface area contributed by atoms with Gasteiger partial charge in [-0.1, -0.05) is 279 Å². The van der Waals surface area contributed by atoms with Crippen molar-refractivity contribution in [3.8, 4) is 119 Å². The molecule has 5 aromatic heterocycles. The van der Waals surface area contributed by atoms with E-state index in [-0.39, 0.29) is 0 Å². The summed E-state index contributed by atoms with van der Waals surface area (Å²) in [7, 11) is 0. The summed E-state index contributed by atoms with van der Waals surface area (Å²) in [5, 5.41) is 6.35. The zero-order valence-corrected chi connectivity index (χ0v) is 53.6. The normalized spacial score (nSPS) is 11.6. The van der Waals surface area contributed by atoms with Gasteiger partial charge in [0.25, 0.3) is 0 Å². The lowest BCUT2D eigenvalue weighted by molar-refractivity contribution is 0.914. The Hall–Kier alpha value is -13.4. The van der Waals surface area contributed by atoms with Crippen molar-refractivity contribution in [2.75, 3.05) is 0 Å². The van der Waals surface area contributed by atoms with Gasteiger partial charge in [0, 0.05) is 43.4 Å². The van der Waals surface area contributed by atoms with E-state index in [1.165, 1.54) is 0 Å². The van der Waals surface area contributed by atoms with Gasteiger partial charge in [0.15, 0.2) is 29.1 Å².